The molecule has 0 radical (unpaired) electrons. The molecule has 0 aliphatic heterocycles. The second-order valence-corrected chi connectivity index (χ2v) is 5.92. The summed E-state index contributed by atoms with van der Waals surface area (Å²) in [6, 6.07) is 17.2. The quantitative estimate of drug-likeness (QED) is 0.483. The van der Waals surface area contributed by atoms with Gasteiger partial charge in [0.2, 0.25) is 0 Å². The Morgan fingerprint density at radius 3 is 2.81 bits per heavy atom. The summed E-state index contributed by atoms with van der Waals surface area (Å²) in [6.45, 7) is 2.61. The normalized spacial score (nSPS) is 10.8. The Morgan fingerprint density at radius 2 is 1.96 bits per heavy atom. The van der Waals surface area contributed by atoms with Gasteiger partial charge in [0, 0.05) is 22.6 Å². The fraction of sp³-hybridized carbons (Fsp3) is 0.143. The summed E-state index contributed by atoms with van der Waals surface area (Å²) in [5, 5.41) is 14.5. The van der Waals surface area contributed by atoms with Crippen molar-refractivity contribution in [1.82, 2.24) is 5.16 Å². The van der Waals surface area contributed by atoms with Crippen LogP contribution >= 0.6 is 0 Å². The highest BCUT2D eigenvalue weighted by Crippen LogP contribution is 2.31. The Kier molecular flexibility index (Phi) is 4.16. The van der Waals surface area contributed by atoms with E-state index in [1.807, 2.05) is 43.3 Å². The van der Waals surface area contributed by atoms with Crippen LogP contribution in [0.2, 0.25) is 0 Å². The van der Waals surface area contributed by atoms with Crippen molar-refractivity contribution in [3.63, 3.8) is 0 Å². The summed E-state index contributed by atoms with van der Waals surface area (Å²) in [6.07, 6.45) is 2.55. The zero-order chi connectivity index (χ0) is 17.9. The van der Waals surface area contributed by atoms with Crippen LogP contribution in [0.25, 0.3) is 33.6 Å². The molecule has 0 unspecified atom stereocenters. The Hall–Kier alpha value is -3.52. The second-order valence-electron chi connectivity index (χ2n) is 5.92. The summed E-state index contributed by atoms with van der Waals surface area (Å²) < 4.78 is 16.5. The van der Waals surface area contributed by atoms with Gasteiger partial charge in [0.25, 0.3) is 0 Å². The Balaban J connectivity index is 1.66. The Labute approximate surface area is 150 Å². The lowest BCUT2D eigenvalue weighted by atomic mass is 10.1. The molecule has 0 amide bonds. The van der Waals surface area contributed by atoms with Gasteiger partial charge in [0.05, 0.1) is 18.4 Å². The van der Waals surface area contributed by atoms with Crippen molar-refractivity contribution in [2.24, 2.45) is 0 Å². The molecule has 5 heteroatoms. The van der Waals surface area contributed by atoms with Crippen LogP contribution in [0, 0.1) is 11.3 Å². The Bertz CT molecular complexity index is 1100. The number of fused-ring (bicyclic) bond motifs is 1. The summed E-state index contributed by atoms with van der Waals surface area (Å²) in [5.41, 5.74) is 3.77. The lowest BCUT2D eigenvalue weighted by Gasteiger charge is -2.07. The Morgan fingerprint density at radius 1 is 1.08 bits per heavy atom. The third-order valence-electron chi connectivity index (χ3n) is 4.10. The molecule has 5 nitrogen and oxygen atoms in total. The summed E-state index contributed by atoms with van der Waals surface area (Å²) in [5.74, 6) is 1.19. The topological polar surface area (TPSA) is 72.2 Å². The monoisotopic (exact) mass is 344 g/mol. The first kappa shape index (κ1) is 16.0. The van der Waals surface area contributed by atoms with Gasteiger partial charge in [0.15, 0.2) is 5.76 Å². The van der Waals surface area contributed by atoms with Crippen LogP contribution in [-0.2, 0) is 0 Å². The van der Waals surface area contributed by atoms with E-state index in [-0.39, 0.29) is 0 Å². The highest BCUT2D eigenvalue weighted by atomic mass is 16.5. The van der Waals surface area contributed by atoms with Crippen LogP contribution in [0.3, 0.4) is 0 Å². The molecule has 0 spiro atoms. The van der Waals surface area contributed by atoms with Crippen molar-refractivity contribution in [3.05, 3.63) is 60.4 Å². The molecule has 128 valence electrons. The van der Waals surface area contributed by atoms with Crippen molar-refractivity contribution in [3.8, 4) is 34.4 Å². The van der Waals surface area contributed by atoms with Crippen LogP contribution < -0.4 is 4.74 Å². The molecule has 2 aromatic carbocycles. The third kappa shape index (κ3) is 2.93. The fourth-order valence-electron chi connectivity index (χ4n) is 2.78. The number of nitriles is 1. The average Bonchev–Trinajstić information content (AvgIpc) is 3.34. The third-order valence-corrected chi connectivity index (χ3v) is 4.10. The highest BCUT2D eigenvalue weighted by Gasteiger charge is 2.12. The predicted molar refractivity (Wildman–Crippen MR) is 97.6 cm³/mol. The summed E-state index contributed by atoms with van der Waals surface area (Å²) >= 11 is 0. The van der Waals surface area contributed by atoms with E-state index in [4.69, 9.17) is 13.7 Å². The number of aromatic nitrogens is 1. The molecular weight excluding hydrogens is 328 g/mol. The van der Waals surface area contributed by atoms with E-state index in [2.05, 4.69) is 11.2 Å². The standard InChI is InChI=1S/C21H16N2O3/c1-2-8-24-20-6-4-15(11-17(20)13-22)21-12-18(23-26-21)14-3-5-19-16(10-14)7-9-25-19/h3-7,9-12H,2,8H2,1H3. The number of ether oxygens (including phenoxy) is 1. The molecule has 2 heterocycles. The average molecular weight is 344 g/mol. The van der Waals surface area contributed by atoms with E-state index >= 15 is 0 Å². The largest absolute Gasteiger partial charge is 0.492 e. The fourth-order valence-corrected chi connectivity index (χ4v) is 2.78. The van der Waals surface area contributed by atoms with Gasteiger partial charge in [-0.15, -0.1) is 0 Å². The molecular formula is C21H16N2O3. The van der Waals surface area contributed by atoms with E-state index in [1.54, 1.807) is 18.4 Å². The van der Waals surface area contributed by atoms with E-state index in [1.165, 1.54) is 0 Å². The number of furan rings is 1. The molecule has 4 rings (SSSR count). The summed E-state index contributed by atoms with van der Waals surface area (Å²) in [4.78, 5) is 0. The van der Waals surface area contributed by atoms with Gasteiger partial charge in [-0.3, -0.25) is 0 Å². The number of benzene rings is 2. The van der Waals surface area contributed by atoms with Crippen molar-refractivity contribution in [1.29, 1.82) is 5.26 Å². The van der Waals surface area contributed by atoms with Crippen molar-refractivity contribution in [2.75, 3.05) is 6.61 Å². The van der Waals surface area contributed by atoms with Crippen LogP contribution in [0.15, 0.2) is 63.7 Å². The van der Waals surface area contributed by atoms with Crippen LogP contribution in [0.1, 0.15) is 18.9 Å². The molecule has 26 heavy (non-hydrogen) atoms. The van der Waals surface area contributed by atoms with Crippen molar-refractivity contribution < 1.29 is 13.7 Å². The lowest BCUT2D eigenvalue weighted by molar-refractivity contribution is 0.316. The highest BCUT2D eigenvalue weighted by molar-refractivity contribution is 5.83. The minimum absolute atomic E-state index is 0.480. The van der Waals surface area contributed by atoms with E-state index in [0.29, 0.717) is 23.7 Å². The van der Waals surface area contributed by atoms with Gasteiger partial charge in [-0.1, -0.05) is 12.1 Å². The van der Waals surface area contributed by atoms with E-state index < -0.39 is 0 Å². The SMILES string of the molecule is CCCOc1ccc(-c2cc(-c3ccc4occc4c3)no2)cc1C#N. The molecule has 0 aliphatic rings. The van der Waals surface area contributed by atoms with Gasteiger partial charge in [0.1, 0.15) is 23.1 Å². The van der Waals surface area contributed by atoms with Gasteiger partial charge in [-0.2, -0.15) is 5.26 Å². The van der Waals surface area contributed by atoms with Crippen molar-refractivity contribution >= 4 is 11.0 Å². The zero-order valence-electron chi connectivity index (χ0n) is 14.2. The van der Waals surface area contributed by atoms with Gasteiger partial charge in [-0.25, -0.2) is 0 Å². The smallest absolute Gasteiger partial charge is 0.167 e. The van der Waals surface area contributed by atoms with Gasteiger partial charge in [-0.05, 0) is 48.9 Å². The van der Waals surface area contributed by atoms with Gasteiger partial charge < -0.3 is 13.7 Å². The lowest BCUT2D eigenvalue weighted by Crippen LogP contribution is -1.97. The molecule has 2 aromatic heterocycles. The van der Waals surface area contributed by atoms with Gasteiger partial charge >= 0.3 is 0 Å². The number of rotatable bonds is 5. The maximum atomic E-state index is 9.37. The minimum atomic E-state index is 0.480. The molecule has 4 aromatic rings. The predicted octanol–water partition coefficient (Wildman–Crippen LogP) is 5.42. The molecule has 0 N–H and O–H groups in total. The maximum Gasteiger partial charge on any atom is 0.167 e. The molecule has 0 saturated heterocycles. The first-order valence-corrected chi connectivity index (χ1v) is 8.40. The van der Waals surface area contributed by atoms with Crippen molar-refractivity contribution in [2.45, 2.75) is 13.3 Å². The number of hydrogen-bond donors (Lipinski definition) is 0. The first-order chi connectivity index (χ1) is 12.8. The van der Waals surface area contributed by atoms with Crippen LogP contribution in [-0.4, -0.2) is 11.8 Å². The van der Waals surface area contributed by atoms with Crippen LogP contribution in [0.4, 0.5) is 0 Å². The van der Waals surface area contributed by atoms with E-state index in [0.717, 1.165) is 34.2 Å². The second kappa shape index (κ2) is 6.77. The number of nitrogens with zero attached hydrogens (tertiary/aromatic N) is 2. The van der Waals surface area contributed by atoms with Crippen LogP contribution in [0.5, 0.6) is 5.75 Å². The molecule has 0 fully saturated rings. The molecule has 0 bridgehead atoms. The van der Waals surface area contributed by atoms with E-state index in [9.17, 15) is 5.26 Å². The molecule has 0 atom stereocenters. The maximum absolute atomic E-state index is 9.37. The summed E-state index contributed by atoms with van der Waals surface area (Å²) in [7, 11) is 0. The zero-order valence-corrected chi connectivity index (χ0v) is 14.2. The molecule has 0 aliphatic carbocycles. The minimum Gasteiger partial charge on any atom is -0.492 e. The molecule has 0 saturated carbocycles. The number of hydrogen-bond acceptors (Lipinski definition) is 5. The first-order valence-electron chi connectivity index (χ1n) is 8.40.